The minimum absolute atomic E-state index is 0.422. The molecule has 19 heavy (non-hydrogen) atoms. The van der Waals surface area contributed by atoms with E-state index >= 15 is 0 Å². The Bertz CT molecular complexity index is 494. The molecule has 2 rings (SSSR count). The van der Waals surface area contributed by atoms with Crippen molar-refractivity contribution in [2.75, 3.05) is 0 Å². The molecule has 1 aromatic heterocycles. The summed E-state index contributed by atoms with van der Waals surface area (Å²) < 4.78 is 0. The van der Waals surface area contributed by atoms with Gasteiger partial charge in [-0.25, -0.2) is 0 Å². The molecule has 1 heterocycles. The first-order chi connectivity index (χ1) is 9.31. The van der Waals surface area contributed by atoms with Gasteiger partial charge >= 0.3 is 0 Å². The smallest absolute Gasteiger partial charge is 0.0323 e. The molecular weight excluding hydrogens is 232 g/mol. The quantitative estimate of drug-likeness (QED) is 0.842. The van der Waals surface area contributed by atoms with Crippen LogP contribution < -0.4 is 5.32 Å². The van der Waals surface area contributed by atoms with Gasteiger partial charge in [0.25, 0.3) is 0 Å². The molecule has 0 fully saturated rings. The summed E-state index contributed by atoms with van der Waals surface area (Å²) in [5.74, 6) is 0. The maximum atomic E-state index is 4.20. The van der Waals surface area contributed by atoms with Gasteiger partial charge in [0.15, 0.2) is 0 Å². The fourth-order valence-electron chi connectivity index (χ4n) is 2.28. The highest BCUT2D eigenvalue weighted by Gasteiger charge is 2.09. The Kier molecular flexibility index (Phi) is 5.10. The predicted molar refractivity (Wildman–Crippen MR) is 79.9 cm³/mol. The zero-order valence-electron chi connectivity index (χ0n) is 11.8. The first kappa shape index (κ1) is 13.8. The Hall–Kier alpha value is -1.67. The molecule has 0 saturated carbocycles. The predicted octanol–water partition coefficient (Wildman–Crippen LogP) is 4.02. The number of aromatic nitrogens is 1. The molecule has 1 atom stereocenters. The maximum absolute atomic E-state index is 4.20. The molecule has 0 radical (unpaired) electrons. The fourth-order valence-corrected chi connectivity index (χ4v) is 2.28. The van der Waals surface area contributed by atoms with Crippen molar-refractivity contribution in [1.29, 1.82) is 0 Å². The summed E-state index contributed by atoms with van der Waals surface area (Å²) >= 11 is 0. The summed E-state index contributed by atoms with van der Waals surface area (Å²) in [5, 5.41) is 3.65. The van der Waals surface area contributed by atoms with Crippen LogP contribution in [-0.4, -0.2) is 4.98 Å². The third kappa shape index (κ3) is 3.90. The zero-order valence-corrected chi connectivity index (χ0v) is 11.8. The Balaban J connectivity index is 2.04. The lowest BCUT2D eigenvalue weighted by molar-refractivity contribution is 0.492. The summed E-state index contributed by atoms with van der Waals surface area (Å²) in [5.41, 5.74) is 3.94. The van der Waals surface area contributed by atoms with Crippen molar-refractivity contribution < 1.29 is 0 Å². The van der Waals surface area contributed by atoms with Crippen molar-refractivity contribution in [2.45, 2.75) is 39.3 Å². The van der Waals surface area contributed by atoms with Gasteiger partial charge in [0.05, 0.1) is 0 Å². The number of nitrogens with one attached hydrogen (secondary N) is 1. The van der Waals surface area contributed by atoms with Crippen LogP contribution in [0.25, 0.3) is 0 Å². The van der Waals surface area contributed by atoms with E-state index in [9.17, 15) is 0 Å². The van der Waals surface area contributed by atoms with Crippen LogP contribution in [0.15, 0.2) is 48.8 Å². The van der Waals surface area contributed by atoms with Gasteiger partial charge in [0.1, 0.15) is 0 Å². The van der Waals surface area contributed by atoms with E-state index in [2.05, 4.69) is 60.5 Å². The van der Waals surface area contributed by atoms with E-state index in [0.717, 1.165) is 13.0 Å². The number of nitrogens with zero attached hydrogens (tertiary/aromatic N) is 1. The van der Waals surface area contributed by atoms with Gasteiger partial charge in [-0.15, -0.1) is 0 Å². The van der Waals surface area contributed by atoms with Gasteiger partial charge in [-0.3, -0.25) is 4.98 Å². The third-order valence-electron chi connectivity index (χ3n) is 3.47. The summed E-state index contributed by atoms with van der Waals surface area (Å²) in [4.78, 5) is 4.20. The van der Waals surface area contributed by atoms with Gasteiger partial charge in [-0.2, -0.15) is 0 Å². The largest absolute Gasteiger partial charge is 0.306 e. The van der Waals surface area contributed by atoms with Crippen molar-refractivity contribution in [3.05, 3.63) is 65.5 Å². The molecule has 0 amide bonds. The lowest BCUT2D eigenvalue weighted by atomic mass is 10.0. The molecule has 1 unspecified atom stereocenters. The van der Waals surface area contributed by atoms with Crippen LogP contribution in [0.1, 0.15) is 42.5 Å². The Labute approximate surface area is 115 Å². The SMILES string of the molecule is CCCC(NCc1cnccc1C)c1ccccc1. The van der Waals surface area contributed by atoms with Gasteiger partial charge in [-0.1, -0.05) is 43.7 Å². The van der Waals surface area contributed by atoms with E-state index < -0.39 is 0 Å². The molecule has 0 aliphatic heterocycles. The first-order valence-electron chi connectivity index (χ1n) is 6.99. The first-order valence-corrected chi connectivity index (χ1v) is 6.99. The van der Waals surface area contributed by atoms with Gasteiger partial charge in [-0.05, 0) is 36.1 Å². The second kappa shape index (κ2) is 7.05. The highest BCUT2D eigenvalue weighted by Crippen LogP contribution is 2.19. The average molecular weight is 254 g/mol. The fraction of sp³-hybridized carbons (Fsp3) is 0.353. The lowest BCUT2D eigenvalue weighted by Crippen LogP contribution is -2.21. The molecule has 2 heteroatoms. The van der Waals surface area contributed by atoms with Crippen LogP contribution in [0.4, 0.5) is 0 Å². The van der Waals surface area contributed by atoms with Crippen LogP contribution in [0.5, 0.6) is 0 Å². The second-order valence-corrected chi connectivity index (χ2v) is 4.94. The van der Waals surface area contributed by atoms with Crippen LogP contribution >= 0.6 is 0 Å². The number of pyridine rings is 1. The Morgan fingerprint density at radius 3 is 2.63 bits per heavy atom. The molecule has 2 nitrogen and oxygen atoms in total. The minimum Gasteiger partial charge on any atom is -0.306 e. The van der Waals surface area contributed by atoms with Crippen LogP contribution in [-0.2, 0) is 6.54 Å². The maximum Gasteiger partial charge on any atom is 0.0323 e. The number of hydrogen-bond acceptors (Lipinski definition) is 2. The molecular formula is C17H22N2. The van der Waals surface area contributed by atoms with Crippen molar-refractivity contribution in [3.63, 3.8) is 0 Å². The van der Waals surface area contributed by atoms with Gasteiger partial charge < -0.3 is 5.32 Å². The highest BCUT2D eigenvalue weighted by atomic mass is 14.9. The highest BCUT2D eigenvalue weighted by molar-refractivity contribution is 5.23. The topological polar surface area (TPSA) is 24.9 Å². The molecule has 0 bridgehead atoms. The number of benzene rings is 1. The van der Waals surface area contributed by atoms with Crippen molar-refractivity contribution in [3.8, 4) is 0 Å². The molecule has 0 aliphatic carbocycles. The summed E-state index contributed by atoms with van der Waals surface area (Å²) in [6.07, 6.45) is 6.14. The normalized spacial score (nSPS) is 12.3. The number of rotatable bonds is 6. The molecule has 2 aromatic rings. The van der Waals surface area contributed by atoms with E-state index in [1.165, 1.54) is 23.1 Å². The lowest BCUT2D eigenvalue weighted by Gasteiger charge is -2.19. The van der Waals surface area contributed by atoms with Crippen molar-refractivity contribution in [1.82, 2.24) is 10.3 Å². The molecule has 0 aliphatic rings. The van der Waals surface area contributed by atoms with E-state index in [1.54, 1.807) is 0 Å². The summed E-state index contributed by atoms with van der Waals surface area (Å²) in [6, 6.07) is 13.2. The molecule has 0 saturated heterocycles. The van der Waals surface area contributed by atoms with Gasteiger partial charge in [0.2, 0.25) is 0 Å². The molecule has 0 spiro atoms. The van der Waals surface area contributed by atoms with Gasteiger partial charge in [0, 0.05) is 25.0 Å². The van der Waals surface area contributed by atoms with E-state index in [0.29, 0.717) is 6.04 Å². The molecule has 1 aromatic carbocycles. The van der Waals surface area contributed by atoms with E-state index in [4.69, 9.17) is 0 Å². The van der Waals surface area contributed by atoms with E-state index in [1.807, 2.05) is 12.4 Å². The molecule has 100 valence electrons. The van der Waals surface area contributed by atoms with Crippen LogP contribution in [0.3, 0.4) is 0 Å². The standard InChI is InChI=1S/C17H22N2/c1-3-7-17(15-8-5-4-6-9-15)19-13-16-12-18-11-10-14(16)2/h4-6,8-12,17,19H,3,7,13H2,1-2H3. The number of hydrogen-bond donors (Lipinski definition) is 1. The Morgan fingerprint density at radius 2 is 1.95 bits per heavy atom. The van der Waals surface area contributed by atoms with Crippen molar-refractivity contribution >= 4 is 0 Å². The third-order valence-corrected chi connectivity index (χ3v) is 3.47. The zero-order chi connectivity index (χ0) is 13.5. The Morgan fingerprint density at radius 1 is 1.16 bits per heavy atom. The average Bonchev–Trinajstić information content (AvgIpc) is 2.46. The number of aryl methyl sites for hydroxylation is 1. The summed E-state index contributed by atoms with van der Waals surface area (Å²) in [7, 11) is 0. The van der Waals surface area contributed by atoms with E-state index in [-0.39, 0.29) is 0 Å². The minimum atomic E-state index is 0.422. The van der Waals surface area contributed by atoms with Crippen molar-refractivity contribution in [2.24, 2.45) is 0 Å². The van der Waals surface area contributed by atoms with Crippen LogP contribution in [0.2, 0.25) is 0 Å². The second-order valence-electron chi connectivity index (χ2n) is 4.94. The summed E-state index contributed by atoms with van der Waals surface area (Å²) in [6.45, 7) is 5.24. The molecule has 1 N–H and O–H groups in total. The monoisotopic (exact) mass is 254 g/mol. The van der Waals surface area contributed by atoms with Crippen LogP contribution in [0, 0.1) is 6.92 Å².